The minimum absolute atomic E-state index is 0.427. The predicted molar refractivity (Wildman–Crippen MR) is 121 cm³/mol. The van der Waals surface area contributed by atoms with E-state index in [0.29, 0.717) is 0 Å². The van der Waals surface area contributed by atoms with Crippen LogP contribution in [0.15, 0.2) is 122 Å². The molecule has 2 aromatic heterocycles. The van der Waals surface area contributed by atoms with Crippen LogP contribution in [-0.2, 0) is 5.66 Å². The molecular weight excluding hydrogens is 376 g/mol. The standard InChI is InChI=1S/C29H20N2/c1-2-10-21(11-3-1)22-16-17-24-26(20-22)29(31-19-9-7-15-28(24)31)25-13-5-4-12-23(25)27-14-6-8-18-30(27)29/h1-20H/q+2. The number of hydrogen-bond donors (Lipinski definition) is 0. The van der Waals surface area contributed by atoms with Gasteiger partial charge in [0.05, 0.1) is 11.1 Å². The van der Waals surface area contributed by atoms with E-state index in [1.54, 1.807) is 0 Å². The molecule has 0 N–H and O–H groups in total. The van der Waals surface area contributed by atoms with E-state index in [0.717, 1.165) is 0 Å². The zero-order valence-corrected chi connectivity index (χ0v) is 16.9. The van der Waals surface area contributed by atoms with Crippen LogP contribution in [0.4, 0.5) is 0 Å². The molecule has 31 heavy (non-hydrogen) atoms. The predicted octanol–water partition coefficient (Wildman–Crippen LogP) is 5.19. The molecule has 1 spiro atoms. The summed E-state index contributed by atoms with van der Waals surface area (Å²) in [7, 11) is 0. The van der Waals surface area contributed by atoms with Gasteiger partial charge in [0.1, 0.15) is 11.1 Å². The van der Waals surface area contributed by atoms with Gasteiger partial charge in [0.15, 0.2) is 12.4 Å². The van der Waals surface area contributed by atoms with Crippen molar-refractivity contribution in [2.24, 2.45) is 0 Å². The lowest BCUT2D eigenvalue weighted by Gasteiger charge is -2.17. The number of rotatable bonds is 1. The Bertz CT molecular complexity index is 1420. The molecule has 2 aliphatic rings. The molecule has 1 unspecified atom stereocenters. The van der Waals surface area contributed by atoms with Crippen molar-refractivity contribution in [1.82, 2.24) is 0 Å². The van der Waals surface area contributed by atoms with E-state index in [9.17, 15) is 0 Å². The normalized spacial score (nSPS) is 17.2. The topological polar surface area (TPSA) is 7.76 Å². The van der Waals surface area contributed by atoms with Crippen molar-refractivity contribution in [3.8, 4) is 33.6 Å². The van der Waals surface area contributed by atoms with E-state index in [-0.39, 0.29) is 0 Å². The molecule has 0 aliphatic carbocycles. The summed E-state index contributed by atoms with van der Waals surface area (Å²) in [5.41, 5.74) is 9.78. The Kier molecular flexibility index (Phi) is 3.23. The third-order valence-electron chi connectivity index (χ3n) is 6.77. The van der Waals surface area contributed by atoms with Crippen molar-refractivity contribution in [3.05, 3.63) is 133 Å². The van der Waals surface area contributed by atoms with Crippen molar-refractivity contribution in [2.45, 2.75) is 5.66 Å². The van der Waals surface area contributed by atoms with Gasteiger partial charge in [-0.05, 0) is 47.5 Å². The van der Waals surface area contributed by atoms with Gasteiger partial charge in [0.2, 0.25) is 11.4 Å². The van der Waals surface area contributed by atoms with E-state index in [1.165, 1.54) is 44.8 Å². The fraction of sp³-hybridized carbons (Fsp3) is 0.0345. The zero-order chi connectivity index (χ0) is 20.4. The summed E-state index contributed by atoms with van der Waals surface area (Å²) in [5, 5.41) is 0. The molecule has 7 rings (SSSR count). The Morgan fingerprint density at radius 3 is 1.81 bits per heavy atom. The highest BCUT2D eigenvalue weighted by atomic mass is 15.3. The number of nitrogens with zero attached hydrogens (tertiary/aromatic N) is 2. The van der Waals surface area contributed by atoms with E-state index in [4.69, 9.17) is 0 Å². The molecule has 0 amide bonds. The van der Waals surface area contributed by atoms with Crippen LogP contribution in [0.25, 0.3) is 33.6 Å². The number of hydrogen-bond acceptors (Lipinski definition) is 0. The van der Waals surface area contributed by atoms with Crippen LogP contribution in [0, 0.1) is 0 Å². The van der Waals surface area contributed by atoms with E-state index < -0.39 is 5.66 Å². The quantitative estimate of drug-likeness (QED) is 0.338. The van der Waals surface area contributed by atoms with E-state index >= 15 is 0 Å². The fourth-order valence-electron chi connectivity index (χ4n) is 5.55. The second kappa shape index (κ2) is 5.99. The van der Waals surface area contributed by atoms with Gasteiger partial charge in [-0.25, -0.2) is 0 Å². The van der Waals surface area contributed by atoms with Gasteiger partial charge in [-0.1, -0.05) is 48.5 Å². The first-order valence-electron chi connectivity index (χ1n) is 10.7. The van der Waals surface area contributed by atoms with Gasteiger partial charge in [0.25, 0.3) is 0 Å². The third-order valence-corrected chi connectivity index (χ3v) is 6.77. The highest BCUT2D eigenvalue weighted by molar-refractivity contribution is 5.77. The molecule has 0 bridgehead atoms. The molecule has 144 valence electrons. The minimum atomic E-state index is -0.427. The minimum Gasteiger partial charge on any atom is -0.126 e. The second-order valence-electron chi connectivity index (χ2n) is 8.26. The Balaban J connectivity index is 1.64. The average molecular weight is 396 g/mol. The molecule has 0 fully saturated rings. The first-order valence-corrected chi connectivity index (χ1v) is 10.7. The maximum Gasteiger partial charge on any atom is 0.417 e. The molecule has 0 saturated heterocycles. The van der Waals surface area contributed by atoms with Crippen LogP contribution in [-0.4, -0.2) is 0 Å². The highest BCUT2D eigenvalue weighted by Gasteiger charge is 2.66. The smallest absolute Gasteiger partial charge is 0.126 e. The van der Waals surface area contributed by atoms with Crippen LogP contribution < -0.4 is 9.13 Å². The molecule has 0 saturated carbocycles. The van der Waals surface area contributed by atoms with E-state index in [2.05, 4.69) is 131 Å². The molecule has 3 aromatic carbocycles. The molecule has 2 aliphatic heterocycles. The maximum absolute atomic E-state index is 2.45. The van der Waals surface area contributed by atoms with Gasteiger partial charge in [-0.2, -0.15) is 0 Å². The number of fused-ring (bicyclic) bond motifs is 10. The fourth-order valence-corrected chi connectivity index (χ4v) is 5.55. The first-order chi connectivity index (χ1) is 15.4. The van der Waals surface area contributed by atoms with Crippen LogP contribution in [0.3, 0.4) is 0 Å². The number of benzene rings is 3. The second-order valence-corrected chi connectivity index (χ2v) is 8.26. The summed E-state index contributed by atoms with van der Waals surface area (Å²) in [5.74, 6) is 0. The molecule has 2 nitrogen and oxygen atoms in total. The Labute approximate surface area is 181 Å². The Morgan fingerprint density at radius 2 is 1.06 bits per heavy atom. The molecule has 2 heteroatoms. The maximum atomic E-state index is 2.45. The van der Waals surface area contributed by atoms with Crippen LogP contribution in [0.2, 0.25) is 0 Å². The largest absolute Gasteiger partial charge is 0.417 e. The van der Waals surface area contributed by atoms with Crippen molar-refractivity contribution < 1.29 is 9.13 Å². The van der Waals surface area contributed by atoms with Gasteiger partial charge in [0, 0.05) is 24.3 Å². The van der Waals surface area contributed by atoms with Crippen LogP contribution in [0.1, 0.15) is 11.1 Å². The van der Waals surface area contributed by atoms with Gasteiger partial charge < -0.3 is 0 Å². The molecule has 5 aromatic rings. The SMILES string of the molecule is c1ccc(-c2ccc3c(c2)C2(c4ccccc4-c4cccc[n+]42)[n+]2ccccc2-3)cc1. The first kappa shape index (κ1) is 16.7. The summed E-state index contributed by atoms with van der Waals surface area (Å²) in [6.07, 6.45) is 4.45. The summed E-state index contributed by atoms with van der Waals surface area (Å²) in [6, 6.07) is 39.5. The molecule has 1 atom stereocenters. The molecular formula is C29H20N2+2. The van der Waals surface area contributed by atoms with Crippen molar-refractivity contribution in [2.75, 3.05) is 0 Å². The highest BCUT2D eigenvalue weighted by Crippen LogP contribution is 2.47. The van der Waals surface area contributed by atoms with E-state index in [1.807, 2.05) is 0 Å². The lowest BCUT2D eigenvalue weighted by molar-refractivity contribution is -0.955. The lowest BCUT2D eigenvalue weighted by Crippen LogP contribution is -2.71. The number of aromatic nitrogens is 2. The Morgan fingerprint density at radius 1 is 0.452 bits per heavy atom. The van der Waals surface area contributed by atoms with Crippen molar-refractivity contribution >= 4 is 0 Å². The van der Waals surface area contributed by atoms with Crippen molar-refractivity contribution in [3.63, 3.8) is 0 Å². The molecule has 0 radical (unpaired) electrons. The average Bonchev–Trinajstić information content (AvgIpc) is 3.32. The number of pyridine rings is 2. The van der Waals surface area contributed by atoms with Gasteiger partial charge >= 0.3 is 5.66 Å². The zero-order valence-electron chi connectivity index (χ0n) is 16.9. The van der Waals surface area contributed by atoms with Crippen LogP contribution >= 0.6 is 0 Å². The van der Waals surface area contributed by atoms with Crippen LogP contribution in [0.5, 0.6) is 0 Å². The van der Waals surface area contributed by atoms with Crippen molar-refractivity contribution in [1.29, 1.82) is 0 Å². The third kappa shape index (κ3) is 2.02. The summed E-state index contributed by atoms with van der Waals surface area (Å²) in [6.45, 7) is 0. The Hall–Kier alpha value is -4.04. The van der Waals surface area contributed by atoms with Gasteiger partial charge in [-0.3, -0.25) is 0 Å². The molecule has 4 heterocycles. The summed E-state index contributed by atoms with van der Waals surface area (Å²) >= 11 is 0. The summed E-state index contributed by atoms with van der Waals surface area (Å²) in [4.78, 5) is 0. The lowest BCUT2D eigenvalue weighted by atomic mass is 9.88. The monoisotopic (exact) mass is 396 g/mol. The van der Waals surface area contributed by atoms with Gasteiger partial charge in [-0.15, -0.1) is 9.13 Å². The summed E-state index contributed by atoms with van der Waals surface area (Å²) < 4.78 is 4.89.